The minimum atomic E-state index is -0.189. The SMILES string of the molecule is CNCCCc1cnc(Cc2ccc(F)cc2)s1. The summed E-state index contributed by atoms with van der Waals surface area (Å²) in [6, 6.07) is 6.63. The summed E-state index contributed by atoms with van der Waals surface area (Å²) in [5.41, 5.74) is 1.10. The highest BCUT2D eigenvalue weighted by Crippen LogP contribution is 2.18. The Morgan fingerprint density at radius 2 is 2.06 bits per heavy atom. The van der Waals surface area contributed by atoms with Crippen molar-refractivity contribution >= 4 is 11.3 Å². The lowest BCUT2D eigenvalue weighted by atomic mass is 10.2. The van der Waals surface area contributed by atoms with Crippen LogP contribution in [0.3, 0.4) is 0 Å². The van der Waals surface area contributed by atoms with E-state index < -0.39 is 0 Å². The molecular weight excluding hydrogens is 247 g/mol. The number of aryl methyl sites for hydroxylation is 1. The summed E-state index contributed by atoms with van der Waals surface area (Å²) in [6.07, 6.45) is 4.95. The lowest BCUT2D eigenvalue weighted by molar-refractivity contribution is 0.627. The van der Waals surface area contributed by atoms with E-state index in [1.807, 2.05) is 25.4 Å². The maximum Gasteiger partial charge on any atom is 0.123 e. The minimum absolute atomic E-state index is 0.189. The maximum atomic E-state index is 12.8. The molecule has 96 valence electrons. The summed E-state index contributed by atoms with van der Waals surface area (Å²) in [5.74, 6) is -0.189. The normalized spacial score (nSPS) is 10.8. The van der Waals surface area contributed by atoms with Gasteiger partial charge in [-0.3, -0.25) is 0 Å². The van der Waals surface area contributed by atoms with E-state index in [2.05, 4.69) is 10.3 Å². The molecule has 0 spiro atoms. The van der Waals surface area contributed by atoms with Crippen molar-refractivity contribution in [3.8, 4) is 0 Å². The number of hydrogen-bond donors (Lipinski definition) is 1. The molecule has 0 aliphatic heterocycles. The van der Waals surface area contributed by atoms with E-state index in [0.29, 0.717) is 0 Å². The van der Waals surface area contributed by atoms with Gasteiger partial charge in [0.25, 0.3) is 0 Å². The first-order valence-corrected chi connectivity index (χ1v) is 6.92. The summed E-state index contributed by atoms with van der Waals surface area (Å²) in [7, 11) is 1.96. The van der Waals surface area contributed by atoms with Gasteiger partial charge in [0.1, 0.15) is 5.82 Å². The van der Waals surface area contributed by atoms with Crippen molar-refractivity contribution < 1.29 is 4.39 Å². The maximum absolute atomic E-state index is 12.8. The molecule has 2 aromatic rings. The summed E-state index contributed by atoms with van der Waals surface area (Å²) in [6.45, 7) is 1.03. The van der Waals surface area contributed by atoms with Gasteiger partial charge in [-0.2, -0.15) is 0 Å². The van der Waals surface area contributed by atoms with E-state index in [0.717, 1.165) is 36.4 Å². The smallest absolute Gasteiger partial charge is 0.123 e. The van der Waals surface area contributed by atoms with Crippen molar-refractivity contribution in [3.63, 3.8) is 0 Å². The largest absolute Gasteiger partial charge is 0.320 e. The fraction of sp³-hybridized carbons (Fsp3) is 0.357. The Morgan fingerprint density at radius 3 is 2.78 bits per heavy atom. The van der Waals surface area contributed by atoms with Crippen molar-refractivity contribution in [2.24, 2.45) is 0 Å². The van der Waals surface area contributed by atoms with Gasteiger partial charge >= 0.3 is 0 Å². The van der Waals surface area contributed by atoms with Crippen LogP contribution >= 0.6 is 11.3 Å². The highest BCUT2D eigenvalue weighted by Gasteiger charge is 2.03. The summed E-state index contributed by atoms with van der Waals surface area (Å²) in [4.78, 5) is 5.74. The molecule has 0 aliphatic rings. The van der Waals surface area contributed by atoms with E-state index in [1.165, 1.54) is 17.0 Å². The molecule has 0 saturated heterocycles. The lowest BCUT2D eigenvalue weighted by Crippen LogP contribution is -2.07. The molecule has 1 N–H and O–H groups in total. The third kappa shape index (κ3) is 3.89. The Balaban J connectivity index is 1.91. The molecule has 2 nitrogen and oxygen atoms in total. The first-order valence-electron chi connectivity index (χ1n) is 6.10. The van der Waals surface area contributed by atoms with Gasteiger partial charge in [0.05, 0.1) is 5.01 Å². The minimum Gasteiger partial charge on any atom is -0.320 e. The Bertz CT molecular complexity index is 479. The average molecular weight is 264 g/mol. The van der Waals surface area contributed by atoms with Gasteiger partial charge in [-0.25, -0.2) is 9.37 Å². The number of benzene rings is 1. The summed E-state index contributed by atoms with van der Waals surface area (Å²) < 4.78 is 12.8. The Labute approximate surface area is 111 Å². The molecule has 1 aromatic heterocycles. The lowest BCUT2D eigenvalue weighted by Gasteiger charge is -1.97. The monoisotopic (exact) mass is 264 g/mol. The molecule has 1 heterocycles. The van der Waals surface area contributed by atoms with Crippen molar-refractivity contribution in [1.82, 2.24) is 10.3 Å². The van der Waals surface area contributed by atoms with E-state index in [-0.39, 0.29) is 5.82 Å². The molecule has 0 radical (unpaired) electrons. The molecule has 0 aliphatic carbocycles. The van der Waals surface area contributed by atoms with Crippen LogP contribution < -0.4 is 5.32 Å². The second-order valence-electron chi connectivity index (χ2n) is 4.23. The molecule has 1 aromatic carbocycles. The number of hydrogen-bond acceptors (Lipinski definition) is 3. The molecule has 18 heavy (non-hydrogen) atoms. The predicted molar refractivity (Wildman–Crippen MR) is 73.6 cm³/mol. The second-order valence-corrected chi connectivity index (χ2v) is 5.43. The van der Waals surface area contributed by atoms with Gasteiger partial charge in [-0.15, -0.1) is 11.3 Å². The van der Waals surface area contributed by atoms with Crippen LogP contribution in [0.5, 0.6) is 0 Å². The molecule has 0 atom stereocenters. The third-order valence-corrected chi connectivity index (χ3v) is 3.78. The average Bonchev–Trinajstić information content (AvgIpc) is 2.80. The van der Waals surface area contributed by atoms with Gasteiger partial charge in [0.2, 0.25) is 0 Å². The van der Waals surface area contributed by atoms with Crippen LogP contribution in [-0.4, -0.2) is 18.6 Å². The van der Waals surface area contributed by atoms with E-state index in [1.54, 1.807) is 11.3 Å². The van der Waals surface area contributed by atoms with E-state index in [9.17, 15) is 4.39 Å². The quantitative estimate of drug-likeness (QED) is 0.811. The molecule has 0 fully saturated rings. The van der Waals surface area contributed by atoms with Crippen LogP contribution in [0, 0.1) is 5.82 Å². The van der Waals surface area contributed by atoms with Crippen LogP contribution in [0.25, 0.3) is 0 Å². The molecular formula is C14H17FN2S. The van der Waals surface area contributed by atoms with E-state index in [4.69, 9.17) is 0 Å². The third-order valence-electron chi connectivity index (χ3n) is 2.72. The van der Waals surface area contributed by atoms with Crippen molar-refractivity contribution in [2.45, 2.75) is 19.3 Å². The fourth-order valence-electron chi connectivity index (χ4n) is 1.76. The van der Waals surface area contributed by atoms with Gasteiger partial charge < -0.3 is 5.32 Å². The van der Waals surface area contributed by atoms with Gasteiger partial charge in [-0.05, 0) is 44.1 Å². The fourth-order valence-corrected chi connectivity index (χ4v) is 2.76. The van der Waals surface area contributed by atoms with E-state index >= 15 is 0 Å². The molecule has 0 unspecified atom stereocenters. The van der Waals surface area contributed by atoms with Gasteiger partial charge in [-0.1, -0.05) is 12.1 Å². The first-order chi connectivity index (χ1) is 8.78. The molecule has 4 heteroatoms. The highest BCUT2D eigenvalue weighted by atomic mass is 32.1. The number of thiazole rings is 1. The van der Waals surface area contributed by atoms with Crippen LogP contribution in [0.4, 0.5) is 4.39 Å². The molecule has 2 rings (SSSR count). The van der Waals surface area contributed by atoms with Gasteiger partial charge in [0.15, 0.2) is 0 Å². The number of nitrogens with zero attached hydrogens (tertiary/aromatic N) is 1. The molecule has 0 bridgehead atoms. The zero-order valence-corrected chi connectivity index (χ0v) is 11.3. The topological polar surface area (TPSA) is 24.9 Å². The van der Waals surface area contributed by atoms with Crippen LogP contribution in [0.1, 0.15) is 21.9 Å². The Hall–Kier alpha value is -1.26. The molecule has 0 saturated carbocycles. The van der Waals surface area contributed by atoms with Crippen molar-refractivity contribution in [3.05, 3.63) is 51.7 Å². The predicted octanol–water partition coefficient (Wildman–Crippen LogP) is 3.03. The van der Waals surface area contributed by atoms with Crippen LogP contribution in [0.15, 0.2) is 30.5 Å². The first kappa shape index (κ1) is 13.2. The number of nitrogens with one attached hydrogen (secondary N) is 1. The van der Waals surface area contributed by atoms with Crippen molar-refractivity contribution in [1.29, 1.82) is 0 Å². The zero-order valence-electron chi connectivity index (χ0n) is 10.4. The van der Waals surface area contributed by atoms with Gasteiger partial charge in [0, 0.05) is 17.5 Å². The second kappa shape index (κ2) is 6.61. The van der Waals surface area contributed by atoms with Crippen LogP contribution in [0.2, 0.25) is 0 Å². The Morgan fingerprint density at radius 1 is 1.28 bits per heavy atom. The summed E-state index contributed by atoms with van der Waals surface area (Å²) in [5, 5.41) is 4.24. The number of rotatable bonds is 6. The molecule has 0 amide bonds. The number of halogens is 1. The standard InChI is InChI=1S/C14H17FN2S/c1-16-8-2-3-13-10-17-14(18-13)9-11-4-6-12(15)7-5-11/h4-7,10,16H,2-3,8-9H2,1H3. The number of aromatic nitrogens is 1. The summed E-state index contributed by atoms with van der Waals surface area (Å²) >= 11 is 1.75. The Kier molecular flexibility index (Phi) is 4.84. The van der Waals surface area contributed by atoms with Crippen LogP contribution in [-0.2, 0) is 12.8 Å². The highest BCUT2D eigenvalue weighted by molar-refractivity contribution is 7.11. The van der Waals surface area contributed by atoms with Crippen molar-refractivity contribution in [2.75, 3.05) is 13.6 Å². The zero-order chi connectivity index (χ0) is 12.8.